The van der Waals surface area contributed by atoms with Crippen LogP contribution in [0.4, 0.5) is 30.7 Å². The Bertz CT molecular complexity index is 1180. The minimum Gasteiger partial charge on any atom is -0.232 e. The van der Waals surface area contributed by atoms with Crippen molar-refractivity contribution in [2.24, 2.45) is 5.14 Å². The van der Waals surface area contributed by atoms with E-state index >= 15 is 0 Å². The van der Waals surface area contributed by atoms with Crippen LogP contribution in [0.3, 0.4) is 0 Å². The first-order valence-corrected chi connectivity index (χ1v) is 8.99. The summed E-state index contributed by atoms with van der Waals surface area (Å²) in [5, 5.41) is 8.11. The lowest BCUT2D eigenvalue weighted by atomic mass is 10.1. The molecule has 3 aromatic rings. The van der Waals surface area contributed by atoms with Crippen molar-refractivity contribution < 1.29 is 39.2 Å². The average molecular weight is 439 g/mol. The van der Waals surface area contributed by atoms with Gasteiger partial charge >= 0.3 is 6.18 Å². The maximum Gasteiger partial charge on any atom is 0.435 e. The molecule has 0 saturated carbocycles. The Labute approximate surface area is 158 Å². The summed E-state index contributed by atoms with van der Waals surface area (Å²) in [6, 6.07) is 3.81. The van der Waals surface area contributed by atoms with Crippen molar-refractivity contribution in [3.8, 4) is 16.9 Å². The maximum absolute atomic E-state index is 14.2. The molecule has 0 spiro atoms. The highest BCUT2D eigenvalue weighted by molar-refractivity contribution is 7.89. The van der Waals surface area contributed by atoms with Crippen LogP contribution in [0.15, 0.2) is 41.3 Å². The second-order valence-corrected chi connectivity index (χ2v) is 7.27. The molecule has 29 heavy (non-hydrogen) atoms. The van der Waals surface area contributed by atoms with Gasteiger partial charge in [-0.3, -0.25) is 0 Å². The van der Waals surface area contributed by atoms with Gasteiger partial charge in [-0.25, -0.2) is 35.8 Å². The Hall–Kier alpha value is -2.93. The summed E-state index contributed by atoms with van der Waals surface area (Å²) in [4.78, 5) is -0.403. The zero-order chi connectivity index (χ0) is 21.7. The van der Waals surface area contributed by atoms with Gasteiger partial charge in [0.25, 0.3) is 0 Å². The topological polar surface area (TPSA) is 78.0 Å². The third-order valence-electron chi connectivity index (χ3n) is 3.78. The first-order chi connectivity index (χ1) is 13.3. The molecule has 0 radical (unpaired) electrons. The molecule has 0 aliphatic rings. The predicted octanol–water partition coefficient (Wildman–Crippen LogP) is 3.76. The van der Waals surface area contributed by atoms with Crippen LogP contribution in [0.5, 0.6) is 0 Å². The molecule has 3 rings (SSSR count). The minimum absolute atomic E-state index is 0.0968. The zero-order valence-corrected chi connectivity index (χ0v) is 14.6. The largest absolute Gasteiger partial charge is 0.435 e. The van der Waals surface area contributed by atoms with Crippen molar-refractivity contribution in [2.75, 3.05) is 0 Å². The molecule has 0 bridgehead atoms. The van der Waals surface area contributed by atoms with E-state index in [9.17, 15) is 39.2 Å². The Morgan fingerprint density at radius 2 is 1.41 bits per heavy atom. The molecule has 1 heterocycles. The number of rotatable bonds is 3. The van der Waals surface area contributed by atoms with Gasteiger partial charge in [0.1, 0.15) is 0 Å². The summed E-state index contributed by atoms with van der Waals surface area (Å²) in [7, 11) is -4.14. The minimum atomic E-state index is -5.06. The molecule has 0 fully saturated rings. The van der Waals surface area contributed by atoms with Crippen LogP contribution >= 0.6 is 0 Å². The van der Waals surface area contributed by atoms with Crippen molar-refractivity contribution in [3.05, 3.63) is 65.4 Å². The fourth-order valence-corrected chi connectivity index (χ4v) is 2.99. The van der Waals surface area contributed by atoms with Crippen LogP contribution in [0.25, 0.3) is 16.9 Å². The molecular formula is C16H8F7N3O2S. The normalized spacial score (nSPS) is 12.4. The molecule has 5 nitrogen and oxygen atoms in total. The molecule has 2 N–H and O–H groups in total. The molecule has 0 aliphatic heterocycles. The summed E-state index contributed by atoms with van der Waals surface area (Å²) in [6.45, 7) is 0. The predicted molar refractivity (Wildman–Crippen MR) is 85.2 cm³/mol. The molecule has 0 saturated heterocycles. The summed E-state index contributed by atoms with van der Waals surface area (Å²) >= 11 is 0. The van der Waals surface area contributed by atoms with E-state index in [1.165, 1.54) is 0 Å². The molecule has 13 heteroatoms. The standard InChI is InChI=1S/C16H8F7N3O2S/c17-9-5-10(18)15(20)13(14(9)19)11-6-12(16(21,22)23)25-26(11)7-1-3-8(4-2-7)29(24,27)28/h1-6H,(H2,24,27,28). The highest BCUT2D eigenvalue weighted by Crippen LogP contribution is 2.36. The number of halogens is 7. The fraction of sp³-hybridized carbons (Fsp3) is 0.0625. The number of benzene rings is 2. The maximum atomic E-state index is 14.2. The smallest absolute Gasteiger partial charge is 0.232 e. The molecular weight excluding hydrogens is 431 g/mol. The van der Waals surface area contributed by atoms with Gasteiger partial charge in [-0.2, -0.15) is 18.3 Å². The second kappa shape index (κ2) is 6.84. The van der Waals surface area contributed by atoms with Crippen molar-refractivity contribution in [3.63, 3.8) is 0 Å². The number of aromatic nitrogens is 2. The highest BCUT2D eigenvalue weighted by atomic mass is 32.2. The number of sulfonamides is 1. The van der Waals surface area contributed by atoms with E-state index in [-0.39, 0.29) is 17.8 Å². The van der Waals surface area contributed by atoms with Crippen molar-refractivity contribution in [1.29, 1.82) is 0 Å². The van der Waals surface area contributed by atoms with Gasteiger partial charge in [0, 0.05) is 6.07 Å². The van der Waals surface area contributed by atoms with E-state index in [1.54, 1.807) is 0 Å². The Morgan fingerprint density at radius 3 is 1.86 bits per heavy atom. The van der Waals surface area contributed by atoms with E-state index in [0.29, 0.717) is 4.68 Å². The van der Waals surface area contributed by atoms with Crippen molar-refractivity contribution >= 4 is 10.0 Å². The molecule has 0 aliphatic carbocycles. The quantitative estimate of drug-likeness (QED) is 0.499. The third-order valence-corrected chi connectivity index (χ3v) is 4.71. The van der Waals surface area contributed by atoms with Crippen LogP contribution in [0, 0.1) is 23.3 Å². The second-order valence-electron chi connectivity index (χ2n) is 5.71. The van der Waals surface area contributed by atoms with Gasteiger partial charge in [-0.1, -0.05) is 0 Å². The van der Waals surface area contributed by atoms with E-state index in [4.69, 9.17) is 5.14 Å². The Morgan fingerprint density at radius 1 is 0.897 bits per heavy atom. The van der Waals surface area contributed by atoms with Gasteiger partial charge < -0.3 is 0 Å². The molecule has 1 aromatic heterocycles. The fourth-order valence-electron chi connectivity index (χ4n) is 2.47. The zero-order valence-electron chi connectivity index (χ0n) is 13.8. The number of nitrogens with zero attached hydrogens (tertiary/aromatic N) is 2. The molecule has 0 unspecified atom stereocenters. The van der Waals surface area contributed by atoms with E-state index in [0.717, 1.165) is 24.3 Å². The van der Waals surface area contributed by atoms with E-state index in [2.05, 4.69) is 5.10 Å². The van der Waals surface area contributed by atoms with Crippen molar-refractivity contribution in [1.82, 2.24) is 9.78 Å². The number of primary sulfonamides is 1. The van der Waals surface area contributed by atoms with Crippen LogP contribution < -0.4 is 5.14 Å². The number of nitrogens with two attached hydrogens (primary N) is 1. The van der Waals surface area contributed by atoms with E-state index < -0.39 is 61.3 Å². The van der Waals surface area contributed by atoms with E-state index in [1.807, 2.05) is 0 Å². The number of alkyl halides is 3. The molecule has 0 amide bonds. The van der Waals surface area contributed by atoms with Gasteiger partial charge in [0.2, 0.25) is 10.0 Å². The molecule has 2 aromatic carbocycles. The first-order valence-electron chi connectivity index (χ1n) is 7.44. The third kappa shape index (κ3) is 3.82. The van der Waals surface area contributed by atoms with Crippen molar-refractivity contribution in [2.45, 2.75) is 11.1 Å². The van der Waals surface area contributed by atoms with Crippen LogP contribution in [0.1, 0.15) is 5.69 Å². The number of hydrogen-bond acceptors (Lipinski definition) is 3. The Balaban J connectivity index is 2.31. The summed E-state index contributed by atoms with van der Waals surface area (Å²) in [5.74, 6) is -7.52. The van der Waals surface area contributed by atoms with Crippen LogP contribution in [-0.2, 0) is 16.2 Å². The van der Waals surface area contributed by atoms with Crippen LogP contribution in [0.2, 0.25) is 0 Å². The van der Waals surface area contributed by atoms with Gasteiger partial charge in [-0.15, -0.1) is 0 Å². The van der Waals surface area contributed by atoms with Crippen LogP contribution in [-0.4, -0.2) is 18.2 Å². The van der Waals surface area contributed by atoms with Gasteiger partial charge in [-0.05, 0) is 30.3 Å². The number of hydrogen-bond donors (Lipinski definition) is 1. The monoisotopic (exact) mass is 439 g/mol. The average Bonchev–Trinajstić information content (AvgIpc) is 3.05. The lowest BCUT2D eigenvalue weighted by Crippen LogP contribution is -2.12. The van der Waals surface area contributed by atoms with Gasteiger partial charge in [0.05, 0.1) is 21.8 Å². The SMILES string of the molecule is NS(=O)(=O)c1ccc(-n2nc(C(F)(F)F)cc2-c2c(F)c(F)cc(F)c2F)cc1. The highest BCUT2D eigenvalue weighted by Gasteiger charge is 2.36. The molecule has 0 atom stereocenters. The summed E-state index contributed by atoms with van der Waals surface area (Å²) in [5.41, 5.74) is -4.26. The molecule has 154 valence electrons. The summed E-state index contributed by atoms with van der Waals surface area (Å²) in [6.07, 6.45) is -5.06. The van der Waals surface area contributed by atoms with Gasteiger partial charge in [0.15, 0.2) is 29.0 Å². The first kappa shape index (κ1) is 20.8. The lowest BCUT2D eigenvalue weighted by molar-refractivity contribution is -0.141. The summed E-state index contributed by atoms with van der Waals surface area (Å²) < 4.78 is 118. The Kier molecular flexibility index (Phi) is 4.91. The lowest BCUT2D eigenvalue weighted by Gasteiger charge is -2.11.